The first kappa shape index (κ1) is 13.3. The lowest BCUT2D eigenvalue weighted by molar-refractivity contribution is 0.245. The summed E-state index contributed by atoms with van der Waals surface area (Å²) in [6, 6.07) is -0.677. The topological polar surface area (TPSA) is 83.6 Å². The number of hydrogen-bond acceptors (Lipinski definition) is 5. The molecular formula is C9H18N2O4S2. The smallest absolute Gasteiger partial charge is 0.216 e. The predicted molar refractivity (Wildman–Crippen MR) is 65.0 cm³/mol. The maximum atomic E-state index is 12.1. The molecule has 6 nitrogen and oxygen atoms in total. The Balaban J connectivity index is 2.31. The molecule has 0 bridgehead atoms. The van der Waals surface area contributed by atoms with E-state index in [2.05, 4.69) is 5.32 Å². The lowest BCUT2D eigenvalue weighted by atomic mass is 10.1. The van der Waals surface area contributed by atoms with Gasteiger partial charge in [-0.3, -0.25) is 0 Å². The van der Waals surface area contributed by atoms with Gasteiger partial charge in [0.2, 0.25) is 10.0 Å². The zero-order valence-electron chi connectivity index (χ0n) is 9.96. The van der Waals surface area contributed by atoms with Crippen molar-refractivity contribution in [1.29, 1.82) is 0 Å². The van der Waals surface area contributed by atoms with Crippen LogP contribution in [0, 0.1) is 0 Å². The van der Waals surface area contributed by atoms with Gasteiger partial charge in [0.25, 0.3) is 0 Å². The normalized spacial score (nSPS) is 33.8. The minimum Gasteiger partial charge on any atom is -0.310 e. The van der Waals surface area contributed by atoms with Gasteiger partial charge in [-0.2, -0.15) is 4.31 Å². The Hall–Kier alpha value is -0.180. The summed E-state index contributed by atoms with van der Waals surface area (Å²) in [6.45, 7) is 4.12. The van der Waals surface area contributed by atoms with Crippen molar-refractivity contribution in [3.63, 3.8) is 0 Å². The van der Waals surface area contributed by atoms with Crippen molar-refractivity contribution in [2.75, 3.05) is 24.6 Å². The van der Waals surface area contributed by atoms with Crippen LogP contribution in [-0.2, 0) is 19.9 Å². The Morgan fingerprint density at radius 3 is 2.53 bits per heavy atom. The zero-order chi connectivity index (χ0) is 12.8. The fraction of sp³-hybridized carbons (Fsp3) is 1.00. The highest BCUT2D eigenvalue weighted by Gasteiger charge is 2.47. The zero-order valence-corrected chi connectivity index (χ0v) is 11.6. The third-order valence-electron chi connectivity index (χ3n) is 3.35. The molecule has 0 saturated carbocycles. The van der Waals surface area contributed by atoms with Crippen LogP contribution < -0.4 is 5.32 Å². The van der Waals surface area contributed by atoms with Crippen molar-refractivity contribution in [3.05, 3.63) is 0 Å². The highest BCUT2D eigenvalue weighted by molar-refractivity contribution is 7.92. The molecule has 0 aliphatic carbocycles. The van der Waals surface area contributed by atoms with Gasteiger partial charge in [0.15, 0.2) is 9.84 Å². The summed E-state index contributed by atoms with van der Waals surface area (Å²) in [7, 11) is -6.49. The molecule has 100 valence electrons. The Morgan fingerprint density at radius 1 is 1.29 bits per heavy atom. The second kappa shape index (κ2) is 4.18. The van der Waals surface area contributed by atoms with E-state index in [0.717, 1.165) is 0 Å². The van der Waals surface area contributed by atoms with Gasteiger partial charge in [-0.05, 0) is 13.8 Å². The molecule has 2 aliphatic rings. The molecule has 8 heteroatoms. The molecule has 2 saturated heterocycles. The second-order valence-electron chi connectivity index (χ2n) is 4.91. The summed E-state index contributed by atoms with van der Waals surface area (Å²) in [5, 5.41) is 2.58. The molecule has 17 heavy (non-hydrogen) atoms. The lowest BCUT2D eigenvalue weighted by Gasteiger charge is -2.37. The third kappa shape index (κ3) is 2.35. The van der Waals surface area contributed by atoms with E-state index in [0.29, 0.717) is 13.1 Å². The molecule has 0 spiro atoms. The summed E-state index contributed by atoms with van der Waals surface area (Å²) in [6.07, 6.45) is 0. The molecule has 0 aromatic rings. The van der Waals surface area contributed by atoms with E-state index < -0.39 is 31.2 Å². The number of piperazine rings is 1. The first-order valence-electron chi connectivity index (χ1n) is 5.68. The monoisotopic (exact) mass is 282 g/mol. The van der Waals surface area contributed by atoms with Gasteiger partial charge >= 0.3 is 0 Å². The lowest BCUT2D eigenvalue weighted by Crippen LogP contribution is -2.60. The number of sulfone groups is 1. The minimum absolute atomic E-state index is 0.0434. The van der Waals surface area contributed by atoms with Crippen LogP contribution in [0.3, 0.4) is 0 Å². The summed E-state index contributed by atoms with van der Waals surface area (Å²) in [4.78, 5) is 0. The van der Waals surface area contributed by atoms with Crippen LogP contribution in [0.1, 0.15) is 13.8 Å². The fourth-order valence-corrected chi connectivity index (χ4v) is 5.96. The maximum Gasteiger partial charge on any atom is 0.216 e. The molecule has 0 radical (unpaired) electrons. The fourth-order valence-electron chi connectivity index (χ4n) is 2.42. The van der Waals surface area contributed by atoms with Crippen molar-refractivity contribution in [2.24, 2.45) is 0 Å². The van der Waals surface area contributed by atoms with Crippen molar-refractivity contribution in [3.8, 4) is 0 Å². The molecule has 0 unspecified atom stereocenters. The number of fused-ring (bicyclic) bond motifs is 1. The van der Waals surface area contributed by atoms with Crippen molar-refractivity contribution in [1.82, 2.24) is 9.62 Å². The van der Waals surface area contributed by atoms with Crippen molar-refractivity contribution >= 4 is 19.9 Å². The van der Waals surface area contributed by atoms with E-state index in [-0.39, 0.29) is 17.5 Å². The van der Waals surface area contributed by atoms with E-state index in [4.69, 9.17) is 0 Å². The third-order valence-corrected chi connectivity index (χ3v) is 7.37. The highest BCUT2D eigenvalue weighted by atomic mass is 32.2. The molecular weight excluding hydrogens is 264 g/mol. The predicted octanol–water partition coefficient (Wildman–Crippen LogP) is -1.20. The average Bonchev–Trinajstić information content (AvgIpc) is 2.50. The van der Waals surface area contributed by atoms with Crippen LogP contribution in [0.2, 0.25) is 0 Å². The van der Waals surface area contributed by atoms with Crippen LogP contribution >= 0.6 is 0 Å². The molecule has 0 aromatic carbocycles. The molecule has 2 rings (SSSR count). The van der Waals surface area contributed by atoms with Crippen LogP contribution in [-0.4, -0.2) is 63.1 Å². The number of nitrogens with one attached hydrogen (secondary N) is 1. The quantitative estimate of drug-likeness (QED) is 0.687. The average molecular weight is 282 g/mol. The summed E-state index contributed by atoms with van der Waals surface area (Å²) in [5.41, 5.74) is 0. The number of rotatable bonds is 2. The van der Waals surface area contributed by atoms with Gasteiger partial charge in [0.05, 0.1) is 22.8 Å². The molecule has 0 aromatic heterocycles. The van der Waals surface area contributed by atoms with Gasteiger partial charge < -0.3 is 5.32 Å². The van der Waals surface area contributed by atoms with E-state index >= 15 is 0 Å². The first-order valence-corrected chi connectivity index (χ1v) is 9.01. The van der Waals surface area contributed by atoms with Crippen molar-refractivity contribution in [2.45, 2.75) is 31.2 Å². The summed E-state index contributed by atoms with van der Waals surface area (Å²) < 4.78 is 48.8. The van der Waals surface area contributed by atoms with E-state index in [1.165, 1.54) is 4.31 Å². The van der Waals surface area contributed by atoms with Gasteiger partial charge in [-0.25, -0.2) is 16.8 Å². The van der Waals surface area contributed by atoms with Crippen molar-refractivity contribution < 1.29 is 16.8 Å². The summed E-state index contributed by atoms with van der Waals surface area (Å²) in [5.74, 6) is -0.0155. The molecule has 1 N–H and O–H groups in total. The number of nitrogens with zero attached hydrogens (tertiary/aromatic N) is 1. The first-order chi connectivity index (χ1) is 7.74. The second-order valence-corrected chi connectivity index (χ2v) is 9.50. The molecule has 2 fully saturated rings. The van der Waals surface area contributed by atoms with Crippen LogP contribution in [0.4, 0.5) is 0 Å². The van der Waals surface area contributed by atoms with E-state index in [1.807, 2.05) is 0 Å². The Bertz CT molecular complexity index is 497. The number of sulfonamides is 1. The van der Waals surface area contributed by atoms with E-state index in [1.54, 1.807) is 13.8 Å². The number of hydrogen-bond donors (Lipinski definition) is 1. The largest absolute Gasteiger partial charge is 0.310 e. The summed E-state index contributed by atoms with van der Waals surface area (Å²) >= 11 is 0. The Morgan fingerprint density at radius 2 is 1.94 bits per heavy atom. The van der Waals surface area contributed by atoms with E-state index in [9.17, 15) is 16.8 Å². The van der Waals surface area contributed by atoms with Gasteiger partial charge in [0, 0.05) is 19.1 Å². The van der Waals surface area contributed by atoms with Crippen LogP contribution in [0.15, 0.2) is 0 Å². The van der Waals surface area contributed by atoms with Gasteiger partial charge in [-0.1, -0.05) is 0 Å². The Kier molecular flexibility index (Phi) is 3.26. The maximum absolute atomic E-state index is 12.1. The molecule has 2 atom stereocenters. The Labute approximate surface area is 102 Å². The van der Waals surface area contributed by atoms with Crippen LogP contribution in [0.25, 0.3) is 0 Å². The molecule has 2 aliphatic heterocycles. The standard InChI is InChI=1S/C9H18N2O4S2/c1-7(2)17(14,15)11-4-3-10-8-5-16(12,13)6-9(8)11/h7-10H,3-6H2,1-2H3/t8-,9+/m1/s1. The van der Waals surface area contributed by atoms with Gasteiger partial charge in [-0.15, -0.1) is 0 Å². The van der Waals surface area contributed by atoms with Crippen LogP contribution in [0.5, 0.6) is 0 Å². The van der Waals surface area contributed by atoms with Gasteiger partial charge in [0.1, 0.15) is 0 Å². The molecule has 2 heterocycles. The SMILES string of the molecule is CC(C)S(=O)(=O)N1CCN[C@@H]2CS(=O)(=O)C[C@@H]21. The molecule has 0 amide bonds. The highest BCUT2D eigenvalue weighted by Crippen LogP contribution is 2.25. The minimum atomic E-state index is -3.38.